The Morgan fingerprint density at radius 1 is 1.00 bits per heavy atom. The number of rotatable bonds is 3. The molecule has 140 valence electrons. The summed E-state index contributed by atoms with van der Waals surface area (Å²) in [4.78, 5) is 23.2. The summed E-state index contributed by atoms with van der Waals surface area (Å²) in [5.74, 6) is 1.87. The third-order valence-corrected chi connectivity index (χ3v) is 4.93. The van der Waals surface area contributed by atoms with Crippen LogP contribution in [-0.4, -0.2) is 34.1 Å². The molecule has 2 aliphatic heterocycles. The molecular formula is C21H18N4O3. The van der Waals surface area contributed by atoms with E-state index in [1.165, 1.54) is 17.3 Å². The first-order chi connectivity index (χ1) is 13.8. The number of anilines is 2. The van der Waals surface area contributed by atoms with Crippen LogP contribution in [0.3, 0.4) is 0 Å². The summed E-state index contributed by atoms with van der Waals surface area (Å²) in [5.41, 5.74) is 3.65. The van der Waals surface area contributed by atoms with E-state index in [0.717, 1.165) is 17.9 Å². The van der Waals surface area contributed by atoms with Gasteiger partial charge in [-0.1, -0.05) is 24.3 Å². The summed E-state index contributed by atoms with van der Waals surface area (Å²) < 4.78 is 10.7. The zero-order valence-electron chi connectivity index (χ0n) is 15.1. The predicted octanol–water partition coefficient (Wildman–Crippen LogP) is 3.15. The number of amides is 1. The molecule has 0 radical (unpaired) electrons. The second kappa shape index (κ2) is 6.84. The van der Waals surface area contributed by atoms with E-state index in [1.807, 2.05) is 35.2 Å². The summed E-state index contributed by atoms with van der Waals surface area (Å²) in [6.07, 6.45) is 3.94. The first-order valence-corrected chi connectivity index (χ1v) is 9.11. The third kappa shape index (κ3) is 3.11. The fraction of sp³-hybridized carbons (Fsp3) is 0.190. The number of hydrogen-bond acceptors (Lipinski definition) is 6. The first kappa shape index (κ1) is 16.6. The molecule has 3 heterocycles. The van der Waals surface area contributed by atoms with Crippen molar-refractivity contribution in [3.63, 3.8) is 0 Å². The zero-order chi connectivity index (χ0) is 18.9. The molecular weight excluding hydrogens is 356 g/mol. The number of ether oxygens (including phenoxy) is 2. The quantitative estimate of drug-likeness (QED) is 0.759. The van der Waals surface area contributed by atoms with Crippen LogP contribution < -0.4 is 14.8 Å². The Morgan fingerprint density at radius 2 is 1.86 bits per heavy atom. The van der Waals surface area contributed by atoms with E-state index in [-0.39, 0.29) is 12.7 Å². The van der Waals surface area contributed by atoms with E-state index >= 15 is 0 Å². The topological polar surface area (TPSA) is 76.6 Å². The molecule has 0 unspecified atom stereocenters. The molecule has 2 aliphatic rings. The van der Waals surface area contributed by atoms with Crippen molar-refractivity contribution in [1.82, 2.24) is 14.9 Å². The van der Waals surface area contributed by atoms with Gasteiger partial charge < -0.3 is 19.7 Å². The molecule has 1 N–H and O–H groups in total. The van der Waals surface area contributed by atoms with Crippen molar-refractivity contribution in [1.29, 1.82) is 0 Å². The lowest BCUT2D eigenvalue weighted by atomic mass is 10.00. The van der Waals surface area contributed by atoms with Crippen molar-refractivity contribution < 1.29 is 14.3 Å². The van der Waals surface area contributed by atoms with Crippen LogP contribution in [0.15, 0.2) is 54.9 Å². The lowest BCUT2D eigenvalue weighted by Crippen LogP contribution is -2.36. The van der Waals surface area contributed by atoms with Gasteiger partial charge in [0, 0.05) is 24.8 Å². The molecule has 1 amide bonds. The average molecular weight is 374 g/mol. The van der Waals surface area contributed by atoms with Gasteiger partial charge in [0.1, 0.15) is 11.5 Å². The van der Waals surface area contributed by atoms with Crippen LogP contribution in [0.1, 0.15) is 21.6 Å². The second-order valence-electron chi connectivity index (χ2n) is 6.73. The molecule has 0 saturated carbocycles. The van der Waals surface area contributed by atoms with Crippen LogP contribution in [-0.2, 0) is 13.0 Å². The van der Waals surface area contributed by atoms with Gasteiger partial charge in [0.05, 0.1) is 12.4 Å². The minimum absolute atomic E-state index is 0.100. The molecule has 0 spiro atoms. The van der Waals surface area contributed by atoms with Gasteiger partial charge in [0.2, 0.25) is 6.79 Å². The van der Waals surface area contributed by atoms with Crippen LogP contribution >= 0.6 is 0 Å². The van der Waals surface area contributed by atoms with Crippen LogP contribution in [0.25, 0.3) is 0 Å². The zero-order valence-corrected chi connectivity index (χ0v) is 15.1. The Kier molecular flexibility index (Phi) is 4.05. The molecule has 0 aliphatic carbocycles. The Morgan fingerprint density at radius 3 is 2.71 bits per heavy atom. The molecule has 7 heteroatoms. The number of benzene rings is 2. The number of carbonyl (C=O) groups excluding carboxylic acids is 1. The van der Waals surface area contributed by atoms with E-state index in [0.29, 0.717) is 30.4 Å². The third-order valence-electron chi connectivity index (χ3n) is 4.93. The minimum atomic E-state index is -0.100. The molecule has 3 aromatic rings. The lowest BCUT2D eigenvalue weighted by Gasteiger charge is -2.28. The maximum absolute atomic E-state index is 12.8. The Hall–Kier alpha value is -3.61. The van der Waals surface area contributed by atoms with Crippen LogP contribution in [0.5, 0.6) is 11.5 Å². The molecule has 2 aromatic carbocycles. The van der Waals surface area contributed by atoms with Crippen LogP contribution in [0, 0.1) is 0 Å². The van der Waals surface area contributed by atoms with Gasteiger partial charge in [-0.15, -0.1) is 0 Å². The summed E-state index contributed by atoms with van der Waals surface area (Å²) >= 11 is 0. The monoisotopic (exact) mass is 374 g/mol. The lowest BCUT2D eigenvalue weighted by molar-refractivity contribution is 0.0728. The van der Waals surface area contributed by atoms with Gasteiger partial charge in [-0.25, -0.2) is 9.97 Å². The minimum Gasteiger partial charge on any atom is -0.454 e. The highest BCUT2D eigenvalue weighted by molar-refractivity contribution is 5.92. The van der Waals surface area contributed by atoms with Crippen LogP contribution in [0.2, 0.25) is 0 Å². The molecule has 0 atom stereocenters. The van der Waals surface area contributed by atoms with Gasteiger partial charge in [0.25, 0.3) is 5.91 Å². The highest BCUT2D eigenvalue weighted by Gasteiger charge is 2.22. The van der Waals surface area contributed by atoms with E-state index in [2.05, 4.69) is 27.4 Å². The Balaban J connectivity index is 1.28. The SMILES string of the molecule is O=C(c1cnc(Nc2ccc3c(c2)OCO3)cn1)N1CCc2ccccc2C1. The maximum atomic E-state index is 12.8. The van der Waals surface area contributed by atoms with Gasteiger partial charge >= 0.3 is 0 Å². The van der Waals surface area contributed by atoms with Gasteiger partial charge in [-0.05, 0) is 29.7 Å². The molecule has 28 heavy (non-hydrogen) atoms. The van der Waals surface area contributed by atoms with Crippen molar-refractivity contribution in [2.45, 2.75) is 13.0 Å². The van der Waals surface area contributed by atoms with Crippen molar-refractivity contribution in [2.75, 3.05) is 18.7 Å². The maximum Gasteiger partial charge on any atom is 0.274 e. The fourth-order valence-electron chi connectivity index (χ4n) is 3.46. The number of carbonyl (C=O) groups is 1. The van der Waals surface area contributed by atoms with Crippen LogP contribution in [0.4, 0.5) is 11.5 Å². The fourth-order valence-corrected chi connectivity index (χ4v) is 3.46. The Labute approximate surface area is 161 Å². The molecule has 0 saturated heterocycles. The van der Waals surface area contributed by atoms with Crippen molar-refractivity contribution in [3.8, 4) is 11.5 Å². The number of aromatic nitrogens is 2. The molecule has 5 rings (SSSR count). The second-order valence-corrected chi connectivity index (χ2v) is 6.73. The van der Waals surface area contributed by atoms with Gasteiger partial charge in [0.15, 0.2) is 11.5 Å². The predicted molar refractivity (Wildman–Crippen MR) is 103 cm³/mol. The number of hydrogen-bond donors (Lipinski definition) is 1. The number of nitrogens with zero attached hydrogens (tertiary/aromatic N) is 3. The van der Waals surface area contributed by atoms with E-state index in [9.17, 15) is 4.79 Å². The van der Waals surface area contributed by atoms with Gasteiger partial charge in [-0.3, -0.25) is 4.79 Å². The molecule has 1 aromatic heterocycles. The number of fused-ring (bicyclic) bond motifs is 2. The summed E-state index contributed by atoms with van der Waals surface area (Å²) in [6, 6.07) is 13.8. The van der Waals surface area contributed by atoms with Crippen molar-refractivity contribution in [2.24, 2.45) is 0 Å². The summed E-state index contributed by atoms with van der Waals surface area (Å²) in [7, 11) is 0. The standard InChI is InChI=1S/C21H18N4O3/c26-21(25-8-7-14-3-1-2-4-15(14)12-25)17-10-23-20(11-22-17)24-16-5-6-18-19(9-16)28-13-27-18/h1-6,9-11H,7-8,12-13H2,(H,23,24). The van der Waals surface area contributed by atoms with E-state index in [1.54, 1.807) is 6.20 Å². The Bertz CT molecular complexity index is 1040. The van der Waals surface area contributed by atoms with E-state index < -0.39 is 0 Å². The molecule has 7 nitrogen and oxygen atoms in total. The smallest absolute Gasteiger partial charge is 0.274 e. The average Bonchev–Trinajstić information content (AvgIpc) is 3.21. The molecule has 0 bridgehead atoms. The summed E-state index contributed by atoms with van der Waals surface area (Å²) in [6.45, 7) is 1.53. The van der Waals surface area contributed by atoms with Crippen molar-refractivity contribution >= 4 is 17.4 Å². The van der Waals surface area contributed by atoms with Gasteiger partial charge in [-0.2, -0.15) is 0 Å². The van der Waals surface area contributed by atoms with Crippen molar-refractivity contribution in [3.05, 3.63) is 71.7 Å². The highest BCUT2D eigenvalue weighted by atomic mass is 16.7. The largest absolute Gasteiger partial charge is 0.454 e. The molecule has 0 fully saturated rings. The van der Waals surface area contributed by atoms with E-state index in [4.69, 9.17) is 9.47 Å². The first-order valence-electron chi connectivity index (χ1n) is 9.11. The normalized spacial score (nSPS) is 14.5. The highest BCUT2D eigenvalue weighted by Crippen LogP contribution is 2.34. The summed E-state index contributed by atoms with van der Waals surface area (Å²) in [5, 5.41) is 3.16. The number of nitrogens with one attached hydrogen (secondary N) is 1.